The molecule has 1 aromatic heterocycles. The molecule has 1 aliphatic heterocycles. The van der Waals surface area contributed by atoms with E-state index >= 15 is 0 Å². The summed E-state index contributed by atoms with van der Waals surface area (Å²) < 4.78 is 29.0. The number of halogens is 2. The summed E-state index contributed by atoms with van der Waals surface area (Å²) >= 11 is 0. The van der Waals surface area contributed by atoms with Gasteiger partial charge in [-0.2, -0.15) is 0 Å². The van der Waals surface area contributed by atoms with Gasteiger partial charge in [-0.25, -0.2) is 8.78 Å². The van der Waals surface area contributed by atoms with Crippen LogP contribution in [0.2, 0.25) is 0 Å². The number of nitrogens with zero attached hydrogens (tertiary/aromatic N) is 3. The zero-order valence-corrected chi connectivity index (χ0v) is 22.0. The molecule has 5 aliphatic rings. The van der Waals surface area contributed by atoms with Gasteiger partial charge in [0.15, 0.2) is 11.8 Å². The first kappa shape index (κ1) is 24.9. The maximum absolute atomic E-state index is 13.6. The molecule has 1 saturated heterocycles. The maximum atomic E-state index is 13.6. The van der Waals surface area contributed by atoms with Gasteiger partial charge in [-0.15, -0.1) is 0 Å². The smallest absolute Gasteiger partial charge is 0.198 e. The minimum absolute atomic E-state index is 0.0464. The van der Waals surface area contributed by atoms with Gasteiger partial charge in [0.05, 0.1) is 6.04 Å². The molecule has 3 aromatic rings. The number of hydrogen-bond donors (Lipinski definition) is 2. The van der Waals surface area contributed by atoms with Gasteiger partial charge in [-0.05, 0) is 73.0 Å². The lowest BCUT2D eigenvalue weighted by atomic mass is 9.73. The molecule has 204 valence electrons. The zero-order chi connectivity index (χ0) is 26.7. The lowest BCUT2D eigenvalue weighted by molar-refractivity contribution is 0.108. The Morgan fingerprint density at radius 1 is 0.692 bits per heavy atom. The molecule has 8 rings (SSSR count). The number of piperazine rings is 1. The van der Waals surface area contributed by atoms with Gasteiger partial charge in [0.25, 0.3) is 0 Å². The van der Waals surface area contributed by atoms with E-state index < -0.39 is 0 Å². The van der Waals surface area contributed by atoms with Crippen LogP contribution in [0.5, 0.6) is 11.8 Å². The Morgan fingerprint density at radius 3 is 1.69 bits per heavy atom. The fraction of sp³-hybridized carbons (Fsp3) is 0.438. The van der Waals surface area contributed by atoms with Crippen LogP contribution >= 0.6 is 0 Å². The molecule has 0 spiro atoms. The van der Waals surface area contributed by atoms with Crippen LogP contribution in [0.15, 0.2) is 60.7 Å². The van der Waals surface area contributed by atoms with Crippen LogP contribution in [0.4, 0.5) is 8.78 Å². The summed E-state index contributed by atoms with van der Waals surface area (Å²) in [5.74, 6) is 1.87. The number of rotatable bonds is 8. The lowest BCUT2D eigenvalue weighted by Gasteiger charge is -2.40. The maximum Gasteiger partial charge on any atom is 0.198 e. The second-order valence-electron chi connectivity index (χ2n) is 11.7. The Morgan fingerprint density at radius 2 is 1.18 bits per heavy atom. The second kappa shape index (κ2) is 9.79. The van der Waals surface area contributed by atoms with E-state index in [1.54, 1.807) is 4.57 Å². The fourth-order valence-electron chi connectivity index (χ4n) is 7.46. The van der Waals surface area contributed by atoms with Crippen molar-refractivity contribution in [2.24, 2.45) is 11.8 Å². The number of hydrogen-bond acceptors (Lipinski definition) is 4. The summed E-state index contributed by atoms with van der Waals surface area (Å²) in [5, 5.41) is 21.9. The van der Waals surface area contributed by atoms with Crippen molar-refractivity contribution in [1.29, 1.82) is 0 Å². The highest BCUT2D eigenvalue weighted by atomic mass is 19.1. The fourth-order valence-corrected chi connectivity index (χ4v) is 7.46. The van der Waals surface area contributed by atoms with Crippen LogP contribution in [0, 0.1) is 23.5 Å². The molecule has 2 aromatic carbocycles. The van der Waals surface area contributed by atoms with Gasteiger partial charge >= 0.3 is 0 Å². The van der Waals surface area contributed by atoms with Crippen molar-refractivity contribution in [3.05, 3.63) is 94.6 Å². The first-order valence-electron chi connectivity index (χ1n) is 14.3. The van der Waals surface area contributed by atoms with E-state index in [0.717, 1.165) is 67.8 Å². The molecule has 0 amide bonds. The van der Waals surface area contributed by atoms with Gasteiger partial charge in [0.2, 0.25) is 0 Å². The second-order valence-corrected chi connectivity index (χ2v) is 11.7. The van der Waals surface area contributed by atoms with Gasteiger partial charge in [-0.1, -0.05) is 36.4 Å². The number of aromatic nitrogens is 1. The average Bonchev–Trinajstić information content (AvgIpc) is 3.74. The molecule has 4 atom stereocenters. The van der Waals surface area contributed by atoms with E-state index in [-0.39, 0.29) is 41.3 Å². The standard InChI is InChI=1S/C32H35F2N3O2/c33-22-7-3-20(4-8-22)30(21-5-9-23(34)10-6-21)36-17-15-35(16-18-36)13-1-2-14-37-31(38)28-24-11-12-25(27-19-26(24)27)29(28)32(37)39/h3-12,24-27,30,38-39H,1-2,13-19H2. The molecule has 39 heavy (non-hydrogen) atoms. The summed E-state index contributed by atoms with van der Waals surface area (Å²) in [6.07, 6.45) is 7.55. The quantitative estimate of drug-likeness (QED) is 0.287. The Labute approximate surface area is 228 Å². The van der Waals surface area contributed by atoms with E-state index in [0.29, 0.717) is 18.4 Å². The van der Waals surface area contributed by atoms with E-state index in [9.17, 15) is 19.0 Å². The summed E-state index contributed by atoms with van der Waals surface area (Å²) in [4.78, 5) is 4.85. The summed E-state index contributed by atoms with van der Waals surface area (Å²) in [5.41, 5.74) is 3.97. The van der Waals surface area contributed by atoms with Crippen LogP contribution in [-0.4, -0.2) is 57.3 Å². The van der Waals surface area contributed by atoms with E-state index in [4.69, 9.17) is 0 Å². The van der Waals surface area contributed by atoms with Crippen LogP contribution in [0.1, 0.15) is 59.4 Å². The third kappa shape index (κ3) is 4.36. The highest BCUT2D eigenvalue weighted by molar-refractivity contribution is 5.59. The molecule has 5 nitrogen and oxygen atoms in total. The minimum atomic E-state index is -0.260. The Kier molecular flexibility index (Phi) is 6.24. The van der Waals surface area contributed by atoms with Crippen LogP contribution < -0.4 is 0 Å². The number of allylic oxidation sites excluding steroid dienone is 2. The number of unbranched alkanes of at least 4 members (excludes halogenated alkanes) is 1. The van der Waals surface area contributed by atoms with Crippen molar-refractivity contribution < 1.29 is 19.0 Å². The molecule has 2 N–H and O–H groups in total. The molecular weight excluding hydrogens is 496 g/mol. The Balaban J connectivity index is 0.952. The van der Waals surface area contributed by atoms with Crippen molar-refractivity contribution in [3.63, 3.8) is 0 Å². The molecular formula is C32H35F2N3O2. The molecule has 2 fully saturated rings. The molecule has 2 bridgehead atoms. The van der Waals surface area contributed by atoms with Crippen molar-refractivity contribution in [3.8, 4) is 11.8 Å². The zero-order valence-electron chi connectivity index (χ0n) is 22.0. The highest BCUT2D eigenvalue weighted by Gasteiger charge is 2.56. The first-order valence-corrected chi connectivity index (χ1v) is 14.3. The van der Waals surface area contributed by atoms with Crippen molar-refractivity contribution in [1.82, 2.24) is 14.4 Å². The number of benzene rings is 2. The van der Waals surface area contributed by atoms with Crippen molar-refractivity contribution >= 4 is 0 Å². The van der Waals surface area contributed by atoms with E-state index in [1.165, 1.54) is 30.7 Å². The molecule has 2 heterocycles. The van der Waals surface area contributed by atoms with Gasteiger partial charge < -0.3 is 15.1 Å². The normalized spacial score (nSPS) is 25.7. The predicted molar refractivity (Wildman–Crippen MR) is 146 cm³/mol. The minimum Gasteiger partial charge on any atom is -0.494 e. The molecule has 4 unspecified atom stereocenters. The molecule has 1 saturated carbocycles. The lowest BCUT2D eigenvalue weighted by Crippen LogP contribution is -2.48. The van der Waals surface area contributed by atoms with Crippen LogP contribution in [0.3, 0.4) is 0 Å². The SMILES string of the molecule is Oc1c2c(c(O)n1CCCCN1CCN(C(c3ccc(F)cc3)c3ccc(F)cc3)CC1)C1C=CC2C2CC12. The third-order valence-electron chi connectivity index (χ3n) is 9.54. The molecule has 4 aliphatic carbocycles. The van der Waals surface area contributed by atoms with Crippen molar-refractivity contribution in [2.45, 2.75) is 43.7 Å². The van der Waals surface area contributed by atoms with Gasteiger partial charge in [0, 0.05) is 55.7 Å². The summed E-state index contributed by atoms with van der Waals surface area (Å²) in [6.45, 7) is 5.16. The van der Waals surface area contributed by atoms with Crippen LogP contribution in [0.25, 0.3) is 0 Å². The topological polar surface area (TPSA) is 51.9 Å². The van der Waals surface area contributed by atoms with E-state index in [1.807, 2.05) is 24.3 Å². The van der Waals surface area contributed by atoms with E-state index in [2.05, 4.69) is 22.0 Å². The van der Waals surface area contributed by atoms with Crippen molar-refractivity contribution in [2.75, 3.05) is 32.7 Å². The third-order valence-corrected chi connectivity index (χ3v) is 9.54. The van der Waals surface area contributed by atoms with Gasteiger partial charge in [-0.3, -0.25) is 9.47 Å². The summed E-state index contributed by atoms with van der Waals surface area (Å²) in [7, 11) is 0. The van der Waals surface area contributed by atoms with Crippen LogP contribution in [-0.2, 0) is 6.54 Å². The highest BCUT2D eigenvalue weighted by Crippen LogP contribution is 2.67. The van der Waals surface area contributed by atoms with Gasteiger partial charge in [0.1, 0.15) is 11.6 Å². The molecule has 0 radical (unpaired) electrons. The Bertz CT molecular complexity index is 1290. The Hall–Kier alpha value is -3.16. The molecule has 7 heteroatoms. The average molecular weight is 532 g/mol. The first-order chi connectivity index (χ1) is 19.0. The number of aromatic hydroxyl groups is 2. The predicted octanol–water partition coefficient (Wildman–Crippen LogP) is 5.75. The summed E-state index contributed by atoms with van der Waals surface area (Å²) in [6, 6.07) is 13.2. The largest absolute Gasteiger partial charge is 0.494 e. The monoisotopic (exact) mass is 531 g/mol.